The number of para-hydroxylation sites is 1. The Morgan fingerprint density at radius 2 is 1.65 bits per heavy atom. The average Bonchev–Trinajstić information content (AvgIpc) is 2.61. The Hall–Kier alpha value is -3.87. The Kier molecular flexibility index (Phi) is 4.53. The fourth-order valence-electron chi connectivity index (χ4n) is 2.69. The largest absolute Gasteiger partial charge is 0.384 e. The number of amides is 1. The molecule has 7 heteroatoms. The number of guanidine groups is 1. The third-order valence-corrected chi connectivity index (χ3v) is 3.83. The highest BCUT2D eigenvalue weighted by Gasteiger charge is 2.12. The maximum absolute atomic E-state index is 12.6. The van der Waals surface area contributed by atoms with Crippen molar-refractivity contribution in [3.05, 3.63) is 71.8 Å². The van der Waals surface area contributed by atoms with Crippen molar-refractivity contribution in [1.82, 2.24) is 0 Å². The van der Waals surface area contributed by atoms with Crippen LogP contribution in [0.15, 0.2) is 65.7 Å². The van der Waals surface area contributed by atoms with Crippen molar-refractivity contribution < 1.29 is 4.79 Å². The first kappa shape index (κ1) is 17.0. The van der Waals surface area contributed by atoms with E-state index in [2.05, 4.69) is 10.3 Å². The number of aliphatic imine (C=N–C) groups is 1. The minimum absolute atomic E-state index is 0.0304. The van der Waals surface area contributed by atoms with Gasteiger partial charge in [0, 0.05) is 11.3 Å². The number of hydrogen-bond acceptors (Lipinski definition) is 3. The standard InChI is InChI=1S/C19H18N6O/c20-17(21)13-6-3-4-11-8-9-12(10-15(11)13)24-18(26)14-5-1-2-7-16(14)25-19(22)23/h1-10H,(H3,20,21)(H,24,26)(H4,22,23,25). The monoisotopic (exact) mass is 346 g/mol. The third-order valence-electron chi connectivity index (χ3n) is 3.83. The number of nitrogens with one attached hydrogen (secondary N) is 2. The van der Waals surface area contributed by atoms with Gasteiger partial charge >= 0.3 is 0 Å². The number of carbonyl (C=O) groups is 1. The molecule has 0 saturated heterocycles. The van der Waals surface area contributed by atoms with Gasteiger partial charge in [-0.2, -0.15) is 0 Å². The summed E-state index contributed by atoms with van der Waals surface area (Å²) in [6, 6.07) is 17.7. The number of amidine groups is 1. The van der Waals surface area contributed by atoms with Crippen molar-refractivity contribution in [3.63, 3.8) is 0 Å². The lowest BCUT2D eigenvalue weighted by Gasteiger charge is -2.10. The Labute approximate surface area is 150 Å². The number of carbonyl (C=O) groups excluding carboxylic acids is 1. The van der Waals surface area contributed by atoms with E-state index in [9.17, 15) is 4.79 Å². The zero-order valence-corrected chi connectivity index (χ0v) is 13.9. The molecule has 0 atom stereocenters. The number of nitrogens with two attached hydrogens (primary N) is 3. The lowest BCUT2D eigenvalue weighted by molar-refractivity contribution is 0.102. The summed E-state index contributed by atoms with van der Waals surface area (Å²) in [5.41, 5.74) is 18.4. The van der Waals surface area contributed by atoms with Crippen LogP contribution in [0.3, 0.4) is 0 Å². The van der Waals surface area contributed by atoms with Crippen molar-refractivity contribution in [3.8, 4) is 0 Å². The molecule has 0 radical (unpaired) electrons. The summed E-state index contributed by atoms with van der Waals surface area (Å²) in [7, 11) is 0. The molecule has 3 aromatic carbocycles. The van der Waals surface area contributed by atoms with Gasteiger partial charge in [-0.1, -0.05) is 36.4 Å². The number of anilines is 1. The van der Waals surface area contributed by atoms with Crippen molar-refractivity contribution in [1.29, 1.82) is 5.41 Å². The quantitative estimate of drug-likeness (QED) is 0.364. The molecular weight excluding hydrogens is 328 g/mol. The summed E-state index contributed by atoms with van der Waals surface area (Å²) >= 11 is 0. The fourth-order valence-corrected chi connectivity index (χ4v) is 2.69. The number of nitrogen functional groups attached to an aromatic ring is 1. The van der Waals surface area contributed by atoms with Crippen molar-refractivity contribution in [2.75, 3.05) is 5.32 Å². The van der Waals surface area contributed by atoms with Crippen molar-refractivity contribution in [2.45, 2.75) is 0 Å². The molecule has 0 aliphatic heterocycles. The van der Waals surface area contributed by atoms with Gasteiger partial charge in [0.05, 0.1) is 11.3 Å². The molecule has 0 spiro atoms. The third kappa shape index (κ3) is 3.46. The van der Waals surface area contributed by atoms with Crippen molar-refractivity contribution >= 4 is 39.8 Å². The van der Waals surface area contributed by atoms with E-state index in [0.717, 1.165) is 10.8 Å². The Bertz CT molecular complexity index is 1040. The molecule has 0 bridgehead atoms. The number of nitrogens with zero attached hydrogens (tertiary/aromatic N) is 1. The first-order chi connectivity index (χ1) is 12.5. The Balaban J connectivity index is 1.97. The van der Waals surface area contributed by atoms with Crippen LogP contribution < -0.4 is 22.5 Å². The summed E-state index contributed by atoms with van der Waals surface area (Å²) in [4.78, 5) is 16.6. The molecule has 0 unspecified atom stereocenters. The molecule has 130 valence electrons. The molecule has 8 N–H and O–H groups in total. The summed E-state index contributed by atoms with van der Waals surface area (Å²) in [6.45, 7) is 0. The molecule has 7 nitrogen and oxygen atoms in total. The minimum atomic E-state index is -0.342. The van der Waals surface area contributed by atoms with Crippen LogP contribution in [0.4, 0.5) is 11.4 Å². The molecule has 3 rings (SSSR count). The molecule has 0 aliphatic carbocycles. The molecule has 1 amide bonds. The van der Waals surface area contributed by atoms with Crippen molar-refractivity contribution in [2.24, 2.45) is 22.2 Å². The highest BCUT2D eigenvalue weighted by Crippen LogP contribution is 2.24. The molecule has 0 aromatic heterocycles. The van der Waals surface area contributed by atoms with Gasteiger partial charge in [0.25, 0.3) is 5.91 Å². The summed E-state index contributed by atoms with van der Waals surface area (Å²) in [5.74, 6) is -0.496. The number of hydrogen-bond donors (Lipinski definition) is 5. The predicted octanol–water partition coefficient (Wildman–Crippen LogP) is 2.28. The lowest BCUT2D eigenvalue weighted by Crippen LogP contribution is -2.22. The van der Waals surface area contributed by atoms with E-state index < -0.39 is 0 Å². The van der Waals surface area contributed by atoms with E-state index >= 15 is 0 Å². The van der Waals surface area contributed by atoms with E-state index in [4.69, 9.17) is 22.6 Å². The first-order valence-electron chi connectivity index (χ1n) is 7.83. The van der Waals surface area contributed by atoms with Gasteiger partial charge in [-0.15, -0.1) is 0 Å². The van der Waals surface area contributed by atoms with Crippen LogP contribution in [0.1, 0.15) is 15.9 Å². The summed E-state index contributed by atoms with van der Waals surface area (Å²) < 4.78 is 0. The van der Waals surface area contributed by atoms with E-state index in [1.807, 2.05) is 18.2 Å². The van der Waals surface area contributed by atoms with Crippen LogP contribution in [-0.4, -0.2) is 17.7 Å². The Morgan fingerprint density at radius 1 is 0.923 bits per heavy atom. The van der Waals surface area contributed by atoms with Gasteiger partial charge in [-0.25, -0.2) is 4.99 Å². The van der Waals surface area contributed by atoms with Gasteiger partial charge < -0.3 is 22.5 Å². The molecule has 3 aromatic rings. The second-order valence-corrected chi connectivity index (χ2v) is 5.66. The summed E-state index contributed by atoms with van der Waals surface area (Å²) in [6.07, 6.45) is 0. The normalized spacial score (nSPS) is 10.3. The van der Waals surface area contributed by atoms with E-state index in [1.165, 1.54) is 0 Å². The maximum atomic E-state index is 12.6. The van der Waals surface area contributed by atoms with Crippen LogP contribution in [0, 0.1) is 5.41 Å². The van der Waals surface area contributed by atoms with Gasteiger partial charge in [0.2, 0.25) is 0 Å². The van der Waals surface area contributed by atoms with Gasteiger partial charge in [-0.3, -0.25) is 10.2 Å². The zero-order chi connectivity index (χ0) is 18.7. The van der Waals surface area contributed by atoms with Crippen LogP contribution in [0.2, 0.25) is 0 Å². The zero-order valence-electron chi connectivity index (χ0n) is 13.9. The molecule has 26 heavy (non-hydrogen) atoms. The highest BCUT2D eigenvalue weighted by atomic mass is 16.1. The van der Waals surface area contributed by atoms with Crippen LogP contribution >= 0.6 is 0 Å². The van der Waals surface area contributed by atoms with E-state index in [1.54, 1.807) is 42.5 Å². The number of fused-ring (bicyclic) bond motifs is 1. The molecule has 0 fully saturated rings. The highest BCUT2D eigenvalue weighted by molar-refractivity contribution is 6.11. The first-order valence-corrected chi connectivity index (χ1v) is 7.83. The fraction of sp³-hybridized carbons (Fsp3) is 0. The Morgan fingerprint density at radius 3 is 2.38 bits per heavy atom. The van der Waals surface area contributed by atoms with Crippen LogP contribution in [0.5, 0.6) is 0 Å². The number of benzene rings is 3. The maximum Gasteiger partial charge on any atom is 0.257 e. The SMILES string of the molecule is N=C(N)c1cccc2ccc(NC(=O)c3ccccc3N=C(N)N)cc12. The average molecular weight is 346 g/mol. The van der Waals surface area contributed by atoms with Crippen LogP contribution in [-0.2, 0) is 0 Å². The molecule has 0 saturated carbocycles. The van der Waals surface area contributed by atoms with Gasteiger partial charge in [-0.05, 0) is 35.0 Å². The van der Waals surface area contributed by atoms with Gasteiger partial charge in [0.1, 0.15) is 5.84 Å². The van der Waals surface area contributed by atoms with Gasteiger partial charge in [0.15, 0.2) is 5.96 Å². The second-order valence-electron chi connectivity index (χ2n) is 5.66. The molecule has 0 heterocycles. The summed E-state index contributed by atoms with van der Waals surface area (Å²) in [5, 5.41) is 12.3. The molecular formula is C19H18N6O. The smallest absolute Gasteiger partial charge is 0.257 e. The number of rotatable bonds is 4. The van der Waals surface area contributed by atoms with E-state index in [0.29, 0.717) is 22.5 Å². The lowest BCUT2D eigenvalue weighted by atomic mass is 10.0. The minimum Gasteiger partial charge on any atom is -0.384 e. The predicted molar refractivity (Wildman–Crippen MR) is 105 cm³/mol. The van der Waals surface area contributed by atoms with E-state index in [-0.39, 0.29) is 17.7 Å². The van der Waals surface area contributed by atoms with Crippen LogP contribution in [0.25, 0.3) is 10.8 Å². The second kappa shape index (κ2) is 6.94. The topological polar surface area (TPSA) is 143 Å². The molecule has 0 aliphatic rings.